The number of hydrogen-bond donors (Lipinski definition) is 1. The maximum absolute atomic E-state index is 5.39. The molecule has 3 rings (SSSR count). The van der Waals surface area contributed by atoms with Crippen LogP contribution >= 0.6 is 11.8 Å². The van der Waals surface area contributed by atoms with Gasteiger partial charge in [0.15, 0.2) is 5.17 Å². The first kappa shape index (κ1) is 12.4. The van der Waals surface area contributed by atoms with Crippen LogP contribution in [0.4, 0.5) is 0 Å². The Labute approximate surface area is 117 Å². The van der Waals surface area contributed by atoms with E-state index in [9.17, 15) is 0 Å². The van der Waals surface area contributed by atoms with Crippen LogP contribution in [0, 0.1) is 0 Å². The van der Waals surface area contributed by atoms with Crippen molar-refractivity contribution in [3.05, 3.63) is 60.1 Å². The quantitative estimate of drug-likeness (QED) is 0.924. The van der Waals surface area contributed by atoms with Gasteiger partial charge in [0.05, 0.1) is 24.1 Å². The Morgan fingerprint density at radius 1 is 1.26 bits per heavy atom. The summed E-state index contributed by atoms with van der Waals surface area (Å²) in [6.45, 7) is 2.92. The van der Waals surface area contributed by atoms with E-state index in [-0.39, 0.29) is 6.04 Å². The van der Waals surface area contributed by atoms with Crippen molar-refractivity contribution in [2.45, 2.75) is 18.2 Å². The average Bonchev–Trinajstić information content (AvgIpc) is 3.11. The smallest absolute Gasteiger partial charge is 0.157 e. The summed E-state index contributed by atoms with van der Waals surface area (Å²) in [7, 11) is 0. The lowest BCUT2D eigenvalue weighted by molar-refractivity contribution is 0.464. The topological polar surface area (TPSA) is 37.5 Å². The number of nitrogens with one attached hydrogen (secondary N) is 1. The number of benzene rings is 1. The first-order valence-corrected chi connectivity index (χ1v) is 7.27. The summed E-state index contributed by atoms with van der Waals surface area (Å²) in [5, 5.41) is 4.82. The minimum absolute atomic E-state index is 0.149. The summed E-state index contributed by atoms with van der Waals surface area (Å²) in [6, 6.07) is 14.5. The van der Waals surface area contributed by atoms with Crippen molar-refractivity contribution in [2.24, 2.45) is 4.99 Å². The Balaban J connectivity index is 1.60. The maximum atomic E-state index is 5.39. The minimum atomic E-state index is 0.149. The molecule has 2 unspecified atom stereocenters. The molecule has 4 heteroatoms. The largest absolute Gasteiger partial charge is 0.467 e. The van der Waals surface area contributed by atoms with Crippen LogP contribution in [0.3, 0.4) is 0 Å². The van der Waals surface area contributed by atoms with Crippen molar-refractivity contribution in [3.63, 3.8) is 0 Å². The Hall–Kier alpha value is -1.68. The van der Waals surface area contributed by atoms with Gasteiger partial charge in [-0.2, -0.15) is 0 Å². The van der Waals surface area contributed by atoms with Gasteiger partial charge in [0.25, 0.3) is 0 Å². The zero-order valence-corrected chi connectivity index (χ0v) is 11.6. The molecule has 2 aromatic rings. The van der Waals surface area contributed by atoms with Gasteiger partial charge in [-0.1, -0.05) is 42.1 Å². The van der Waals surface area contributed by atoms with Crippen molar-refractivity contribution in [1.82, 2.24) is 5.32 Å². The zero-order chi connectivity index (χ0) is 13.1. The van der Waals surface area contributed by atoms with Gasteiger partial charge in [-0.25, -0.2) is 0 Å². The van der Waals surface area contributed by atoms with E-state index in [1.54, 1.807) is 18.0 Å². The van der Waals surface area contributed by atoms with Crippen LogP contribution in [0.15, 0.2) is 58.1 Å². The lowest BCUT2D eigenvalue weighted by Gasteiger charge is -2.13. The standard InChI is InChI=1S/C15H16N2OS/c1-11(13-8-5-9-18-13)17-15-16-10-14(19-15)12-6-3-2-4-7-12/h2-9,11,14H,10H2,1H3,(H,16,17). The van der Waals surface area contributed by atoms with E-state index >= 15 is 0 Å². The highest BCUT2D eigenvalue weighted by Crippen LogP contribution is 2.34. The molecule has 0 saturated heterocycles. The fourth-order valence-corrected chi connectivity index (χ4v) is 3.20. The summed E-state index contributed by atoms with van der Waals surface area (Å²) in [5.41, 5.74) is 1.33. The van der Waals surface area contributed by atoms with Gasteiger partial charge < -0.3 is 9.73 Å². The predicted molar refractivity (Wildman–Crippen MR) is 79.3 cm³/mol. The molecule has 0 spiro atoms. The lowest BCUT2D eigenvalue weighted by atomic mass is 10.1. The van der Waals surface area contributed by atoms with Crippen molar-refractivity contribution >= 4 is 16.9 Å². The number of thioether (sulfide) groups is 1. The second-order valence-electron chi connectivity index (χ2n) is 4.54. The second-order valence-corrected chi connectivity index (χ2v) is 5.74. The van der Waals surface area contributed by atoms with Crippen LogP contribution in [0.25, 0.3) is 0 Å². The number of rotatable bonds is 3. The SMILES string of the molecule is CC(NC1=NCC(c2ccccc2)S1)c1ccco1. The van der Waals surface area contributed by atoms with Gasteiger partial charge in [-0.15, -0.1) is 0 Å². The van der Waals surface area contributed by atoms with Crippen LogP contribution in [0.5, 0.6) is 0 Å². The highest BCUT2D eigenvalue weighted by molar-refractivity contribution is 8.14. The third-order valence-electron chi connectivity index (χ3n) is 3.14. The normalized spacial score (nSPS) is 20.1. The maximum Gasteiger partial charge on any atom is 0.157 e. The molecule has 1 N–H and O–H groups in total. The van der Waals surface area contributed by atoms with Crippen molar-refractivity contribution in [2.75, 3.05) is 6.54 Å². The minimum Gasteiger partial charge on any atom is -0.467 e. The van der Waals surface area contributed by atoms with Crippen LogP contribution in [0.2, 0.25) is 0 Å². The van der Waals surface area contributed by atoms with Crippen molar-refractivity contribution in [3.8, 4) is 0 Å². The molecular weight excluding hydrogens is 256 g/mol. The summed E-state index contributed by atoms with van der Waals surface area (Å²) in [4.78, 5) is 4.57. The van der Waals surface area contributed by atoms with E-state index < -0.39 is 0 Å². The summed E-state index contributed by atoms with van der Waals surface area (Å²) >= 11 is 1.79. The van der Waals surface area contributed by atoms with Crippen LogP contribution in [-0.4, -0.2) is 11.7 Å². The Bertz CT molecular complexity index is 551. The summed E-state index contributed by atoms with van der Waals surface area (Å²) < 4.78 is 5.39. The molecule has 0 saturated carbocycles. The number of aliphatic imine (C=N–C) groups is 1. The number of amidine groups is 1. The molecule has 0 radical (unpaired) electrons. The third-order valence-corrected chi connectivity index (χ3v) is 4.31. The van der Waals surface area contributed by atoms with E-state index in [0.29, 0.717) is 5.25 Å². The van der Waals surface area contributed by atoms with E-state index in [1.165, 1.54) is 5.56 Å². The monoisotopic (exact) mass is 272 g/mol. The molecule has 2 atom stereocenters. The molecule has 2 heterocycles. The first-order valence-electron chi connectivity index (χ1n) is 6.39. The molecule has 1 aromatic carbocycles. The fraction of sp³-hybridized carbons (Fsp3) is 0.267. The van der Waals surface area contributed by atoms with Crippen LogP contribution < -0.4 is 5.32 Å². The van der Waals surface area contributed by atoms with Crippen LogP contribution in [0.1, 0.15) is 29.5 Å². The number of hydrogen-bond acceptors (Lipinski definition) is 4. The molecule has 0 aliphatic carbocycles. The van der Waals surface area contributed by atoms with Crippen LogP contribution in [-0.2, 0) is 0 Å². The number of furan rings is 1. The summed E-state index contributed by atoms with van der Waals surface area (Å²) in [5.74, 6) is 0.937. The van der Waals surface area contributed by atoms with E-state index in [1.807, 2.05) is 18.2 Å². The molecule has 1 aliphatic rings. The van der Waals surface area contributed by atoms with Gasteiger partial charge >= 0.3 is 0 Å². The molecule has 19 heavy (non-hydrogen) atoms. The van der Waals surface area contributed by atoms with E-state index in [0.717, 1.165) is 17.5 Å². The highest BCUT2D eigenvalue weighted by atomic mass is 32.2. The Kier molecular flexibility index (Phi) is 3.60. The first-order chi connectivity index (χ1) is 9.33. The predicted octanol–water partition coefficient (Wildman–Crippen LogP) is 3.77. The fourth-order valence-electron chi connectivity index (χ4n) is 2.09. The van der Waals surface area contributed by atoms with E-state index in [4.69, 9.17) is 4.42 Å². The molecule has 1 aliphatic heterocycles. The van der Waals surface area contributed by atoms with Gasteiger partial charge in [-0.05, 0) is 24.6 Å². The molecule has 1 aromatic heterocycles. The van der Waals surface area contributed by atoms with Crippen molar-refractivity contribution in [1.29, 1.82) is 0 Å². The number of nitrogens with zero attached hydrogens (tertiary/aromatic N) is 1. The molecule has 0 amide bonds. The lowest BCUT2D eigenvalue weighted by Crippen LogP contribution is -2.22. The molecule has 0 bridgehead atoms. The molecule has 0 fully saturated rings. The highest BCUT2D eigenvalue weighted by Gasteiger charge is 2.22. The Morgan fingerprint density at radius 3 is 2.84 bits per heavy atom. The summed E-state index contributed by atoms with van der Waals surface area (Å²) in [6.07, 6.45) is 1.70. The third kappa shape index (κ3) is 2.84. The molecular formula is C15H16N2OS. The zero-order valence-electron chi connectivity index (χ0n) is 10.7. The Morgan fingerprint density at radius 2 is 2.11 bits per heavy atom. The van der Waals surface area contributed by atoms with Gasteiger partial charge in [0, 0.05) is 0 Å². The van der Waals surface area contributed by atoms with Gasteiger partial charge in [0.2, 0.25) is 0 Å². The molecule has 3 nitrogen and oxygen atoms in total. The van der Waals surface area contributed by atoms with Gasteiger partial charge in [-0.3, -0.25) is 4.99 Å². The second kappa shape index (κ2) is 5.53. The van der Waals surface area contributed by atoms with Gasteiger partial charge in [0.1, 0.15) is 5.76 Å². The molecule has 98 valence electrons. The van der Waals surface area contributed by atoms with E-state index in [2.05, 4.69) is 41.5 Å². The average molecular weight is 272 g/mol. The van der Waals surface area contributed by atoms with Crippen molar-refractivity contribution < 1.29 is 4.42 Å².